The zero-order valence-electron chi connectivity index (χ0n) is 17.5. The van der Waals surface area contributed by atoms with Crippen LogP contribution in [0.2, 0.25) is 0 Å². The number of oxazole rings is 1. The number of fused-ring (bicyclic) bond motifs is 1. The molecule has 2 aromatic carbocycles. The average molecular weight is 479 g/mol. The van der Waals surface area contributed by atoms with Crippen LogP contribution >= 0.6 is 11.8 Å². The lowest BCUT2D eigenvalue weighted by Gasteiger charge is -2.11. The summed E-state index contributed by atoms with van der Waals surface area (Å²) in [7, 11) is -2.46. The molecule has 3 N–H and O–H groups in total. The van der Waals surface area contributed by atoms with Crippen molar-refractivity contribution in [3.05, 3.63) is 42.5 Å². The van der Waals surface area contributed by atoms with E-state index in [1.165, 1.54) is 25.3 Å². The molecule has 10 nitrogen and oxygen atoms in total. The van der Waals surface area contributed by atoms with Gasteiger partial charge in [-0.2, -0.15) is 0 Å². The summed E-state index contributed by atoms with van der Waals surface area (Å²) in [4.78, 5) is 27.8. The monoisotopic (exact) mass is 478 g/mol. The summed E-state index contributed by atoms with van der Waals surface area (Å²) in [5.74, 6) is -0.121. The second-order valence-electron chi connectivity index (χ2n) is 6.52. The number of hydrogen-bond donors (Lipinski definition) is 3. The fourth-order valence-corrected chi connectivity index (χ4v) is 4.51. The van der Waals surface area contributed by atoms with Gasteiger partial charge in [0, 0.05) is 6.54 Å². The van der Waals surface area contributed by atoms with Crippen molar-refractivity contribution in [2.75, 3.05) is 18.4 Å². The molecule has 3 amide bonds. The van der Waals surface area contributed by atoms with Crippen LogP contribution in [0.1, 0.15) is 13.8 Å². The molecule has 0 aliphatic heterocycles. The van der Waals surface area contributed by atoms with Gasteiger partial charge >= 0.3 is 6.03 Å². The Bertz CT molecular complexity index is 1240. The minimum Gasteiger partial charge on any atom is -0.495 e. The minimum absolute atomic E-state index is 0.0113. The number of para-hydroxylation sites is 2. The normalized spacial score (nSPS) is 12.2. The predicted octanol–water partition coefficient (Wildman–Crippen LogP) is 2.96. The maximum Gasteiger partial charge on any atom is 0.321 e. The highest BCUT2D eigenvalue weighted by atomic mass is 32.2. The predicted molar refractivity (Wildman–Crippen MR) is 120 cm³/mol. The van der Waals surface area contributed by atoms with Crippen LogP contribution in [0.15, 0.2) is 57.0 Å². The molecule has 0 bridgehead atoms. The second-order valence-corrected chi connectivity index (χ2v) is 9.50. The van der Waals surface area contributed by atoms with Gasteiger partial charge in [-0.15, -0.1) is 0 Å². The van der Waals surface area contributed by atoms with Gasteiger partial charge in [0.15, 0.2) is 5.58 Å². The smallest absolute Gasteiger partial charge is 0.321 e. The Morgan fingerprint density at radius 2 is 1.97 bits per heavy atom. The SMILES string of the molecule is CCNC(=O)NC(=O)C(C)Sc1nc2cc(S(=O)(=O)Nc3ccccc3OC)ccc2o1. The van der Waals surface area contributed by atoms with E-state index in [1.807, 2.05) is 0 Å². The largest absolute Gasteiger partial charge is 0.495 e. The standard InChI is InChI=1S/C20H22N4O6S2/c1-4-21-19(26)23-18(25)12(2)31-20-22-15-11-13(9-10-17(15)30-20)32(27,28)24-14-7-5-6-8-16(14)29-3/h5-12,24H,4H2,1-3H3,(H2,21,23,25,26). The molecule has 0 aliphatic rings. The number of ether oxygens (including phenoxy) is 1. The van der Waals surface area contributed by atoms with Crippen LogP contribution < -0.4 is 20.1 Å². The lowest BCUT2D eigenvalue weighted by Crippen LogP contribution is -2.42. The van der Waals surface area contributed by atoms with Crippen LogP contribution in [0.25, 0.3) is 11.1 Å². The van der Waals surface area contributed by atoms with Crippen LogP contribution in [-0.2, 0) is 14.8 Å². The third-order valence-corrected chi connectivity index (χ3v) is 6.53. The molecular formula is C20H22N4O6S2. The maximum atomic E-state index is 12.8. The van der Waals surface area contributed by atoms with Crippen LogP contribution in [0.3, 0.4) is 0 Å². The molecule has 0 fully saturated rings. The number of hydrogen-bond acceptors (Lipinski definition) is 8. The lowest BCUT2D eigenvalue weighted by molar-refractivity contribution is -0.119. The number of imide groups is 1. The Morgan fingerprint density at radius 3 is 2.69 bits per heavy atom. The van der Waals surface area contributed by atoms with E-state index in [0.717, 1.165) is 11.8 Å². The van der Waals surface area contributed by atoms with Gasteiger partial charge in [0.25, 0.3) is 15.2 Å². The summed E-state index contributed by atoms with van der Waals surface area (Å²) < 4.78 is 38.9. The number of aromatic nitrogens is 1. The number of rotatable bonds is 8. The molecule has 0 spiro atoms. The van der Waals surface area contributed by atoms with Crippen molar-refractivity contribution in [1.82, 2.24) is 15.6 Å². The Balaban J connectivity index is 1.77. The van der Waals surface area contributed by atoms with Crippen LogP contribution in [0, 0.1) is 0 Å². The van der Waals surface area contributed by atoms with E-state index in [4.69, 9.17) is 9.15 Å². The van der Waals surface area contributed by atoms with Gasteiger partial charge in [-0.1, -0.05) is 23.9 Å². The van der Waals surface area contributed by atoms with E-state index in [9.17, 15) is 18.0 Å². The highest BCUT2D eigenvalue weighted by molar-refractivity contribution is 8.00. The Morgan fingerprint density at radius 1 is 1.22 bits per heavy atom. The number of thioether (sulfide) groups is 1. The van der Waals surface area contributed by atoms with E-state index in [-0.39, 0.29) is 10.1 Å². The van der Waals surface area contributed by atoms with Crippen molar-refractivity contribution >= 4 is 50.5 Å². The molecular weight excluding hydrogens is 456 g/mol. The number of carbonyl (C=O) groups excluding carboxylic acids is 2. The van der Waals surface area contributed by atoms with Gasteiger partial charge < -0.3 is 14.5 Å². The average Bonchev–Trinajstić information content (AvgIpc) is 3.15. The zero-order valence-corrected chi connectivity index (χ0v) is 19.2. The molecule has 1 aromatic heterocycles. The number of urea groups is 1. The van der Waals surface area contributed by atoms with Gasteiger partial charge in [0.2, 0.25) is 5.91 Å². The van der Waals surface area contributed by atoms with Gasteiger partial charge in [-0.05, 0) is 44.2 Å². The van der Waals surface area contributed by atoms with Crippen molar-refractivity contribution in [3.8, 4) is 5.75 Å². The maximum absolute atomic E-state index is 12.8. The number of carbonyl (C=O) groups is 2. The fourth-order valence-electron chi connectivity index (χ4n) is 2.66. The van der Waals surface area contributed by atoms with Crippen molar-refractivity contribution < 1.29 is 27.2 Å². The Labute approximate surface area is 189 Å². The molecule has 0 aliphatic carbocycles. The molecule has 1 unspecified atom stereocenters. The highest BCUT2D eigenvalue weighted by Gasteiger charge is 2.22. The summed E-state index contributed by atoms with van der Waals surface area (Å²) in [6, 6.07) is 10.3. The number of nitrogens with zero attached hydrogens (tertiary/aromatic N) is 1. The topological polar surface area (TPSA) is 140 Å². The first-order chi connectivity index (χ1) is 15.2. The van der Waals surface area contributed by atoms with Gasteiger partial charge in [0.1, 0.15) is 11.3 Å². The third-order valence-electron chi connectivity index (χ3n) is 4.22. The first kappa shape index (κ1) is 23.4. The van der Waals surface area contributed by atoms with E-state index >= 15 is 0 Å². The number of sulfonamides is 1. The van der Waals surface area contributed by atoms with Crippen LogP contribution in [0.4, 0.5) is 10.5 Å². The molecule has 0 saturated carbocycles. The summed E-state index contributed by atoms with van der Waals surface area (Å²) in [6.07, 6.45) is 0. The quantitative estimate of drug-likeness (QED) is 0.420. The molecule has 170 valence electrons. The molecule has 3 aromatic rings. The molecule has 1 heterocycles. The van der Waals surface area contributed by atoms with Crippen LogP contribution in [0.5, 0.6) is 5.75 Å². The number of methoxy groups -OCH3 is 1. The Hall–Kier alpha value is -3.25. The summed E-state index contributed by atoms with van der Waals surface area (Å²) >= 11 is 1.01. The molecule has 3 rings (SSSR count). The van der Waals surface area contributed by atoms with Crippen molar-refractivity contribution in [2.24, 2.45) is 0 Å². The van der Waals surface area contributed by atoms with Crippen LogP contribution in [-0.4, -0.2) is 44.2 Å². The number of anilines is 1. The van der Waals surface area contributed by atoms with Crippen molar-refractivity contribution in [1.29, 1.82) is 0 Å². The van der Waals surface area contributed by atoms with E-state index in [1.54, 1.807) is 38.1 Å². The zero-order chi connectivity index (χ0) is 23.3. The first-order valence-electron chi connectivity index (χ1n) is 9.55. The highest BCUT2D eigenvalue weighted by Crippen LogP contribution is 2.30. The summed E-state index contributed by atoms with van der Waals surface area (Å²) in [5.41, 5.74) is 0.977. The molecule has 0 radical (unpaired) electrons. The van der Waals surface area contributed by atoms with Gasteiger partial charge in [-0.25, -0.2) is 18.2 Å². The third kappa shape index (κ3) is 5.51. The van der Waals surface area contributed by atoms with E-state index in [2.05, 4.69) is 20.3 Å². The Kier molecular flexibility index (Phi) is 7.26. The second kappa shape index (κ2) is 9.92. The number of amides is 3. The molecule has 12 heteroatoms. The lowest BCUT2D eigenvalue weighted by atomic mass is 10.3. The first-order valence-corrected chi connectivity index (χ1v) is 11.9. The summed E-state index contributed by atoms with van der Waals surface area (Å²) in [6.45, 7) is 3.73. The minimum atomic E-state index is -3.91. The summed E-state index contributed by atoms with van der Waals surface area (Å²) in [5, 5.41) is 4.20. The van der Waals surface area contributed by atoms with E-state index < -0.39 is 27.2 Å². The van der Waals surface area contributed by atoms with Gasteiger partial charge in [-0.3, -0.25) is 14.8 Å². The molecule has 32 heavy (non-hydrogen) atoms. The van der Waals surface area contributed by atoms with Crippen molar-refractivity contribution in [2.45, 2.75) is 29.2 Å². The van der Waals surface area contributed by atoms with Gasteiger partial charge in [0.05, 0.1) is 22.9 Å². The fraction of sp³-hybridized carbons (Fsp3) is 0.250. The van der Waals surface area contributed by atoms with Crippen molar-refractivity contribution in [3.63, 3.8) is 0 Å². The molecule has 1 atom stereocenters. The van der Waals surface area contributed by atoms with E-state index in [0.29, 0.717) is 29.1 Å². The molecule has 0 saturated heterocycles. The number of nitrogens with one attached hydrogen (secondary N) is 3. The number of benzene rings is 2.